The van der Waals surface area contributed by atoms with Crippen LogP contribution in [0, 0.1) is 0 Å². The molecule has 2 amide bonds. The molecular formula is C12H20N2O4S. The molecule has 1 aliphatic rings. The van der Waals surface area contributed by atoms with Gasteiger partial charge in [-0.25, -0.2) is 9.69 Å². The molecule has 1 fully saturated rings. The Morgan fingerprint density at radius 2 is 2.21 bits per heavy atom. The van der Waals surface area contributed by atoms with Gasteiger partial charge in [-0.15, -0.1) is 0 Å². The number of rotatable bonds is 3. The number of thioether (sulfide) groups is 1. The summed E-state index contributed by atoms with van der Waals surface area (Å²) in [5, 5.41) is 12.1. The molecule has 0 spiro atoms. The maximum Gasteiger partial charge on any atom is 0.417 e. The molecule has 1 N–H and O–H groups in total. The average molecular weight is 288 g/mol. The van der Waals surface area contributed by atoms with Crippen molar-refractivity contribution in [3.63, 3.8) is 0 Å². The van der Waals surface area contributed by atoms with Crippen LogP contribution in [-0.4, -0.2) is 51.5 Å². The molecule has 1 atom stereocenters. The molecule has 0 radical (unpaired) electrons. The highest BCUT2D eigenvalue weighted by Crippen LogP contribution is 2.23. The number of imide groups is 1. The Kier molecular flexibility index (Phi) is 5.22. The van der Waals surface area contributed by atoms with Crippen molar-refractivity contribution in [1.82, 2.24) is 4.90 Å². The van der Waals surface area contributed by atoms with Gasteiger partial charge in [0, 0.05) is 0 Å². The largest absolute Gasteiger partial charge is 0.443 e. The molecule has 0 saturated carbocycles. The van der Waals surface area contributed by atoms with Crippen molar-refractivity contribution in [1.29, 1.82) is 0 Å². The molecule has 1 aliphatic heterocycles. The molecule has 6 nitrogen and oxygen atoms in total. The van der Waals surface area contributed by atoms with Gasteiger partial charge in [0.2, 0.25) is 5.91 Å². The van der Waals surface area contributed by atoms with Gasteiger partial charge in [0.1, 0.15) is 5.60 Å². The van der Waals surface area contributed by atoms with E-state index in [9.17, 15) is 9.59 Å². The standard InChI is InChI=1S/C12H20N2O4S/c1-12(2,3)18-11(16)14-9(5-6-19-4)8(13-17)7-10(14)15/h9,17H,5-7H2,1-4H3/b13-8-/t9-/m0/s1. The molecule has 1 heterocycles. The van der Waals surface area contributed by atoms with Gasteiger partial charge < -0.3 is 9.94 Å². The Labute approximate surface area is 117 Å². The second-order valence-corrected chi connectivity index (χ2v) is 6.30. The summed E-state index contributed by atoms with van der Waals surface area (Å²) in [5.41, 5.74) is -0.342. The van der Waals surface area contributed by atoms with Gasteiger partial charge in [-0.3, -0.25) is 4.79 Å². The normalized spacial score (nSPS) is 22.1. The first kappa shape index (κ1) is 15.8. The first-order valence-electron chi connectivity index (χ1n) is 6.05. The number of likely N-dealkylation sites (tertiary alicyclic amines) is 1. The molecule has 0 aromatic rings. The van der Waals surface area contributed by atoms with E-state index in [4.69, 9.17) is 9.94 Å². The van der Waals surface area contributed by atoms with Gasteiger partial charge in [-0.1, -0.05) is 5.16 Å². The Hall–Kier alpha value is -1.24. The van der Waals surface area contributed by atoms with Crippen LogP contribution in [-0.2, 0) is 9.53 Å². The molecule has 0 aromatic carbocycles. The van der Waals surface area contributed by atoms with Gasteiger partial charge in [0.25, 0.3) is 0 Å². The molecule has 0 bridgehead atoms. The summed E-state index contributed by atoms with van der Waals surface area (Å²) in [4.78, 5) is 25.0. The minimum absolute atomic E-state index is 0.0329. The summed E-state index contributed by atoms with van der Waals surface area (Å²) in [7, 11) is 0. The second-order valence-electron chi connectivity index (χ2n) is 5.31. The fourth-order valence-corrected chi connectivity index (χ4v) is 2.31. The maximum atomic E-state index is 12.0. The first-order chi connectivity index (χ1) is 8.80. The minimum atomic E-state index is -0.678. The SMILES string of the molecule is CSCC[C@H]1/C(=N\O)CC(=O)N1C(=O)OC(C)(C)C. The van der Waals surface area contributed by atoms with Crippen molar-refractivity contribution >= 4 is 29.5 Å². The Balaban J connectivity index is 2.88. The lowest BCUT2D eigenvalue weighted by atomic mass is 10.1. The number of hydrogen-bond donors (Lipinski definition) is 1. The van der Waals surface area contributed by atoms with E-state index >= 15 is 0 Å². The number of amides is 2. The van der Waals surface area contributed by atoms with E-state index in [1.165, 1.54) is 0 Å². The van der Waals surface area contributed by atoms with Gasteiger partial charge in [-0.2, -0.15) is 11.8 Å². The highest BCUT2D eigenvalue weighted by Gasteiger charge is 2.42. The summed E-state index contributed by atoms with van der Waals surface area (Å²) in [6.45, 7) is 5.22. The van der Waals surface area contributed by atoms with Crippen LogP contribution in [0.4, 0.5) is 4.79 Å². The van der Waals surface area contributed by atoms with Crippen LogP contribution in [0.15, 0.2) is 5.16 Å². The third-order valence-electron chi connectivity index (χ3n) is 2.61. The summed E-state index contributed by atoms with van der Waals surface area (Å²) in [6.07, 6.45) is 1.78. The van der Waals surface area contributed by atoms with Crippen molar-refractivity contribution in [2.24, 2.45) is 5.16 Å². The topological polar surface area (TPSA) is 79.2 Å². The Morgan fingerprint density at radius 1 is 1.58 bits per heavy atom. The van der Waals surface area contributed by atoms with Crippen LogP contribution in [0.2, 0.25) is 0 Å². The fourth-order valence-electron chi connectivity index (χ4n) is 1.85. The molecular weight excluding hydrogens is 268 g/mol. The van der Waals surface area contributed by atoms with E-state index in [1.807, 2.05) is 6.26 Å². The van der Waals surface area contributed by atoms with E-state index < -0.39 is 17.7 Å². The molecule has 0 unspecified atom stereocenters. The molecule has 1 rings (SSSR count). The van der Waals surface area contributed by atoms with Crippen LogP contribution in [0.25, 0.3) is 0 Å². The average Bonchev–Trinajstić information content (AvgIpc) is 2.60. The molecule has 7 heteroatoms. The highest BCUT2D eigenvalue weighted by atomic mass is 32.2. The quantitative estimate of drug-likeness (QED) is 0.635. The smallest absolute Gasteiger partial charge is 0.417 e. The van der Waals surface area contributed by atoms with Crippen molar-refractivity contribution in [2.45, 2.75) is 45.3 Å². The van der Waals surface area contributed by atoms with Gasteiger partial charge in [0.15, 0.2) is 0 Å². The molecule has 19 heavy (non-hydrogen) atoms. The lowest BCUT2D eigenvalue weighted by Gasteiger charge is -2.27. The van der Waals surface area contributed by atoms with Crippen molar-refractivity contribution in [3.05, 3.63) is 0 Å². The number of nitrogens with zero attached hydrogens (tertiary/aromatic N) is 2. The Bertz CT molecular complexity index is 390. The molecule has 108 valence electrons. The zero-order valence-corrected chi connectivity index (χ0v) is 12.5. The van der Waals surface area contributed by atoms with E-state index in [-0.39, 0.29) is 12.3 Å². The van der Waals surface area contributed by atoms with E-state index in [1.54, 1.807) is 32.5 Å². The van der Waals surface area contributed by atoms with Crippen LogP contribution < -0.4 is 0 Å². The van der Waals surface area contributed by atoms with Crippen LogP contribution in [0.3, 0.4) is 0 Å². The van der Waals surface area contributed by atoms with E-state index in [2.05, 4.69) is 5.16 Å². The predicted octanol–water partition coefficient (Wildman–Crippen LogP) is 2.11. The third-order valence-corrected chi connectivity index (χ3v) is 3.26. The summed E-state index contributed by atoms with van der Waals surface area (Å²) < 4.78 is 5.22. The number of hydrogen-bond acceptors (Lipinski definition) is 6. The molecule has 1 saturated heterocycles. The van der Waals surface area contributed by atoms with Crippen LogP contribution in [0.5, 0.6) is 0 Å². The number of ether oxygens (including phenoxy) is 1. The van der Waals surface area contributed by atoms with Crippen molar-refractivity contribution < 1.29 is 19.5 Å². The predicted molar refractivity (Wildman–Crippen MR) is 73.7 cm³/mol. The van der Waals surface area contributed by atoms with Crippen molar-refractivity contribution in [2.75, 3.05) is 12.0 Å². The fraction of sp³-hybridized carbons (Fsp3) is 0.750. The lowest BCUT2D eigenvalue weighted by molar-refractivity contribution is -0.128. The van der Waals surface area contributed by atoms with E-state index in [0.717, 1.165) is 10.7 Å². The minimum Gasteiger partial charge on any atom is -0.443 e. The molecule has 0 aromatic heterocycles. The van der Waals surface area contributed by atoms with Crippen molar-refractivity contribution in [3.8, 4) is 0 Å². The van der Waals surface area contributed by atoms with Gasteiger partial charge >= 0.3 is 6.09 Å². The number of carbonyl (C=O) groups excluding carboxylic acids is 2. The zero-order chi connectivity index (χ0) is 14.6. The van der Waals surface area contributed by atoms with Gasteiger partial charge in [0.05, 0.1) is 18.2 Å². The van der Waals surface area contributed by atoms with Gasteiger partial charge in [-0.05, 0) is 39.2 Å². The summed E-state index contributed by atoms with van der Waals surface area (Å²) >= 11 is 1.60. The summed E-state index contributed by atoms with van der Waals surface area (Å²) in [5.74, 6) is 0.379. The second kappa shape index (κ2) is 6.27. The van der Waals surface area contributed by atoms with E-state index in [0.29, 0.717) is 12.1 Å². The van der Waals surface area contributed by atoms with Crippen LogP contribution >= 0.6 is 11.8 Å². The third kappa shape index (κ3) is 4.12. The molecule has 0 aliphatic carbocycles. The summed E-state index contributed by atoms with van der Waals surface area (Å²) in [6, 6.07) is -0.500. The number of oxime groups is 1. The monoisotopic (exact) mass is 288 g/mol. The highest BCUT2D eigenvalue weighted by molar-refractivity contribution is 7.98. The maximum absolute atomic E-state index is 12.0. The number of carbonyl (C=O) groups is 2. The zero-order valence-electron chi connectivity index (χ0n) is 11.7. The Morgan fingerprint density at radius 3 is 2.68 bits per heavy atom. The lowest BCUT2D eigenvalue weighted by Crippen LogP contribution is -2.43. The van der Waals surface area contributed by atoms with Crippen LogP contribution in [0.1, 0.15) is 33.6 Å². The first-order valence-corrected chi connectivity index (χ1v) is 7.44.